The second-order valence-electron chi connectivity index (χ2n) is 6.30. The fourth-order valence-corrected chi connectivity index (χ4v) is 5.43. The van der Waals surface area contributed by atoms with Gasteiger partial charge in [0.25, 0.3) is 0 Å². The van der Waals surface area contributed by atoms with Gasteiger partial charge in [-0.1, -0.05) is 30.3 Å². The van der Waals surface area contributed by atoms with Crippen LogP contribution in [-0.4, -0.2) is 26.4 Å². The van der Waals surface area contributed by atoms with Crippen molar-refractivity contribution in [3.63, 3.8) is 0 Å². The van der Waals surface area contributed by atoms with Gasteiger partial charge in [0.1, 0.15) is 9.97 Å². The number of nitrogens with zero attached hydrogens (tertiary/aromatic N) is 1. The van der Waals surface area contributed by atoms with E-state index in [1.165, 1.54) is 22.5 Å². The first kappa shape index (κ1) is 17.5. The van der Waals surface area contributed by atoms with Crippen LogP contribution < -0.4 is 4.72 Å². The maximum Gasteiger partial charge on any atom is 0.250 e. The maximum atomic E-state index is 12.5. The van der Waals surface area contributed by atoms with Crippen LogP contribution in [0.2, 0.25) is 0 Å². The lowest BCUT2D eigenvalue weighted by Gasteiger charge is -2.34. The number of furan rings is 1. The SMILES string of the molecule is O=S(=O)(NC[C@@H](c1ccco1)N1CCc2ccccc2C1)c1cccs1. The van der Waals surface area contributed by atoms with E-state index < -0.39 is 10.0 Å². The lowest BCUT2D eigenvalue weighted by molar-refractivity contribution is 0.160. The fourth-order valence-electron chi connectivity index (χ4n) is 3.35. The molecule has 1 aromatic carbocycles. The van der Waals surface area contributed by atoms with Gasteiger partial charge >= 0.3 is 0 Å². The number of rotatable bonds is 6. The van der Waals surface area contributed by atoms with Crippen LogP contribution in [0.1, 0.15) is 22.9 Å². The minimum atomic E-state index is -3.50. The molecular formula is C19H20N2O3S2. The highest BCUT2D eigenvalue weighted by Crippen LogP contribution is 2.28. The predicted octanol–water partition coefficient (Wildman–Crippen LogP) is 3.42. The summed E-state index contributed by atoms with van der Waals surface area (Å²) in [6.45, 7) is 1.92. The van der Waals surface area contributed by atoms with Crippen molar-refractivity contribution in [1.29, 1.82) is 0 Å². The van der Waals surface area contributed by atoms with Crippen molar-refractivity contribution in [2.45, 2.75) is 23.2 Å². The Morgan fingerprint density at radius 3 is 2.69 bits per heavy atom. The van der Waals surface area contributed by atoms with Gasteiger partial charge in [0.05, 0.1) is 12.3 Å². The summed E-state index contributed by atoms with van der Waals surface area (Å²) in [7, 11) is -3.50. The lowest BCUT2D eigenvalue weighted by atomic mass is 9.98. The Hall–Kier alpha value is -1.93. The number of nitrogens with one attached hydrogen (secondary N) is 1. The quantitative estimate of drug-likeness (QED) is 0.703. The predicted molar refractivity (Wildman–Crippen MR) is 102 cm³/mol. The smallest absolute Gasteiger partial charge is 0.250 e. The highest BCUT2D eigenvalue weighted by atomic mass is 32.2. The number of benzene rings is 1. The molecule has 5 nitrogen and oxygen atoms in total. The van der Waals surface area contributed by atoms with E-state index in [1.807, 2.05) is 18.2 Å². The Labute approximate surface area is 157 Å². The Kier molecular flexibility index (Phi) is 4.95. The molecule has 0 bridgehead atoms. The summed E-state index contributed by atoms with van der Waals surface area (Å²) in [5.74, 6) is 0.776. The minimum Gasteiger partial charge on any atom is -0.468 e. The minimum absolute atomic E-state index is 0.145. The monoisotopic (exact) mass is 388 g/mol. The summed E-state index contributed by atoms with van der Waals surface area (Å²) in [4.78, 5) is 2.28. The van der Waals surface area contributed by atoms with Crippen LogP contribution in [-0.2, 0) is 23.0 Å². The van der Waals surface area contributed by atoms with Crippen LogP contribution >= 0.6 is 11.3 Å². The number of fused-ring (bicyclic) bond motifs is 1. The first-order valence-electron chi connectivity index (χ1n) is 8.51. The summed E-state index contributed by atoms with van der Waals surface area (Å²) in [5.41, 5.74) is 2.65. The van der Waals surface area contributed by atoms with Crippen molar-refractivity contribution < 1.29 is 12.8 Å². The Morgan fingerprint density at radius 2 is 1.96 bits per heavy atom. The number of thiophene rings is 1. The summed E-state index contributed by atoms with van der Waals surface area (Å²) >= 11 is 1.22. The molecule has 136 valence electrons. The largest absolute Gasteiger partial charge is 0.468 e. The van der Waals surface area contributed by atoms with Crippen LogP contribution in [0.4, 0.5) is 0 Å². The van der Waals surface area contributed by atoms with E-state index in [0.717, 1.165) is 25.3 Å². The van der Waals surface area contributed by atoms with E-state index in [2.05, 4.69) is 27.8 Å². The highest BCUT2D eigenvalue weighted by molar-refractivity contribution is 7.91. The second kappa shape index (κ2) is 7.36. The van der Waals surface area contributed by atoms with Crippen LogP contribution in [0.5, 0.6) is 0 Å². The van der Waals surface area contributed by atoms with Crippen molar-refractivity contribution in [1.82, 2.24) is 9.62 Å². The molecule has 7 heteroatoms. The Balaban J connectivity index is 1.55. The molecule has 0 saturated carbocycles. The number of hydrogen-bond donors (Lipinski definition) is 1. The van der Waals surface area contributed by atoms with Crippen LogP contribution in [0.25, 0.3) is 0 Å². The molecule has 1 aliphatic heterocycles. The molecule has 0 spiro atoms. The van der Waals surface area contributed by atoms with E-state index >= 15 is 0 Å². The number of hydrogen-bond acceptors (Lipinski definition) is 5. The summed E-state index contributed by atoms with van der Waals surface area (Å²) < 4.78 is 33.7. The van der Waals surface area contributed by atoms with Crippen molar-refractivity contribution >= 4 is 21.4 Å². The molecule has 4 rings (SSSR count). The molecule has 0 saturated heterocycles. The molecule has 1 atom stereocenters. The topological polar surface area (TPSA) is 62.6 Å². The van der Waals surface area contributed by atoms with Gasteiger partial charge in [0.15, 0.2) is 0 Å². The third-order valence-corrected chi connectivity index (χ3v) is 7.52. The van der Waals surface area contributed by atoms with E-state index in [0.29, 0.717) is 4.21 Å². The summed E-state index contributed by atoms with van der Waals surface area (Å²) in [6.07, 6.45) is 2.58. The first-order chi connectivity index (χ1) is 12.6. The van der Waals surface area contributed by atoms with E-state index in [1.54, 1.807) is 23.8 Å². The van der Waals surface area contributed by atoms with Gasteiger partial charge < -0.3 is 4.42 Å². The van der Waals surface area contributed by atoms with E-state index in [9.17, 15) is 8.42 Å². The summed E-state index contributed by atoms with van der Waals surface area (Å²) in [6, 6.07) is 15.4. The van der Waals surface area contributed by atoms with Gasteiger partial charge in [-0.25, -0.2) is 13.1 Å². The molecule has 26 heavy (non-hydrogen) atoms. The standard InChI is InChI=1S/C19H20N2O3S2/c22-26(23,19-8-4-12-25-19)20-13-17(18-7-3-11-24-18)21-10-9-15-5-1-2-6-16(15)14-21/h1-8,11-12,17,20H,9-10,13-14H2/t17-/m0/s1. The number of sulfonamides is 1. The van der Waals surface area contributed by atoms with Crippen molar-refractivity contribution in [2.75, 3.05) is 13.1 Å². The maximum absolute atomic E-state index is 12.5. The zero-order chi connectivity index (χ0) is 18.0. The Morgan fingerprint density at radius 1 is 1.12 bits per heavy atom. The van der Waals surface area contributed by atoms with Gasteiger partial charge in [-0.3, -0.25) is 4.90 Å². The van der Waals surface area contributed by atoms with Crippen LogP contribution in [0, 0.1) is 0 Å². The zero-order valence-electron chi connectivity index (χ0n) is 14.2. The van der Waals surface area contributed by atoms with E-state index in [-0.39, 0.29) is 12.6 Å². The van der Waals surface area contributed by atoms with Gasteiger partial charge in [-0.05, 0) is 41.1 Å². The normalized spacial score (nSPS) is 16.3. The third kappa shape index (κ3) is 3.61. The molecule has 0 amide bonds. The molecule has 0 fully saturated rings. The van der Waals surface area contributed by atoms with Crippen molar-refractivity contribution in [2.24, 2.45) is 0 Å². The van der Waals surface area contributed by atoms with Crippen LogP contribution in [0.3, 0.4) is 0 Å². The molecule has 1 N–H and O–H groups in total. The lowest BCUT2D eigenvalue weighted by Crippen LogP contribution is -2.40. The van der Waals surface area contributed by atoms with Gasteiger partial charge in [-0.2, -0.15) is 0 Å². The molecular weight excluding hydrogens is 368 g/mol. The molecule has 2 aromatic heterocycles. The van der Waals surface area contributed by atoms with Gasteiger partial charge in [-0.15, -0.1) is 11.3 Å². The average molecular weight is 389 g/mol. The fraction of sp³-hybridized carbons (Fsp3) is 0.263. The Bertz CT molecular complexity index is 951. The molecule has 3 aromatic rings. The first-order valence-corrected chi connectivity index (χ1v) is 10.9. The molecule has 0 radical (unpaired) electrons. The van der Waals surface area contributed by atoms with Gasteiger partial charge in [0, 0.05) is 19.6 Å². The molecule has 0 unspecified atom stereocenters. The van der Waals surface area contributed by atoms with Crippen LogP contribution in [0.15, 0.2) is 68.8 Å². The third-order valence-electron chi connectivity index (χ3n) is 4.70. The highest BCUT2D eigenvalue weighted by Gasteiger charge is 2.28. The second-order valence-corrected chi connectivity index (χ2v) is 9.25. The van der Waals surface area contributed by atoms with E-state index in [4.69, 9.17) is 4.42 Å². The molecule has 1 aliphatic rings. The van der Waals surface area contributed by atoms with Crippen molar-refractivity contribution in [3.05, 3.63) is 77.1 Å². The summed E-state index contributed by atoms with van der Waals surface area (Å²) in [5, 5.41) is 1.76. The van der Waals surface area contributed by atoms with Gasteiger partial charge in [0.2, 0.25) is 10.0 Å². The average Bonchev–Trinajstić information content (AvgIpc) is 3.36. The zero-order valence-corrected chi connectivity index (χ0v) is 15.8. The molecule has 0 aliphatic carbocycles. The van der Waals surface area contributed by atoms with Crippen molar-refractivity contribution in [3.8, 4) is 0 Å². The molecule has 3 heterocycles.